The highest BCUT2D eigenvalue weighted by Crippen LogP contribution is 2.48. The van der Waals surface area contributed by atoms with E-state index < -0.39 is 0 Å². The van der Waals surface area contributed by atoms with Gasteiger partial charge < -0.3 is 9.32 Å². The molecule has 52 heavy (non-hydrogen) atoms. The summed E-state index contributed by atoms with van der Waals surface area (Å²) in [5.41, 5.74) is 9.77. The Hall–Kier alpha value is -6.85. The van der Waals surface area contributed by atoms with Gasteiger partial charge in [-0.05, 0) is 29.8 Å². The number of hydrogen-bond donors (Lipinski definition) is 0. The number of rotatable bonds is 4. The van der Waals surface area contributed by atoms with Crippen LogP contribution in [-0.2, 0) is 0 Å². The Balaban J connectivity index is 1.18. The first-order chi connectivity index (χ1) is 25.8. The lowest BCUT2D eigenvalue weighted by Crippen LogP contribution is -2.29. The van der Waals surface area contributed by atoms with Crippen molar-refractivity contribution in [3.05, 3.63) is 175 Å². The molecule has 5 heteroatoms. The Labute approximate surface area is 299 Å². The molecule has 2 unspecified atom stereocenters. The Morgan fingerprint density at radius 1 is 0.538 bits per heavy atom. The molecule has 0 bridgehead atoms. The Morgan fingerprint density at radius 2 is 1.25 bits per heavy atom. The van der Waals surface area contributed by atoms with Crippen LogP contribution in [0.2, 0.25) is 0 Å². The summed E-state index contributed by atoms with van der Waals surface area (Å²) in [6, 6.07) is 50.7. The highest BCUT2D eigenvalue weighted by Gasteiger charge is 2.38. The van der Waals surface area contributed by atoms with E-state index in [9.17, 15) is 0 Å². The second-order valence-electron chi connectivity index (χ2n) is 13.5. The summed E-state index contributed by atoms with van der Waals surface area (Å²) in [5.74, 6) is 1.72. The SMILES string of the molecule is C1=CC2c3ccccc3N(c3cc(-c4ccccc4)nc(-c4cccc5c4oc4c5ccc5c(-c6ccccc6)nc6ccccc6c54)n3)C2C=C1. The molecular weight excluding hydrogens is 637 g/mol. The molecular formula is C47H30N4O. The lowest BCUT2D eigenvalue weighted by Gasteiger charge is -2.28. The number of allylic oxidation sites excluding steroid dienone is 2. The van der Waals surface area contributed by atoms with Crippen LogP contribution < -0.4 is 4.90 Å². The molecule has 5 nitrogen and oxygen atoms in total. The van der Waals surface area contributed by atoms with Gasteiger partial charge in [-0.2, -0.15) is 0 Å². The predicted molar refractivity (Wildman–Crippen MR) is 212 cm³/mol. The van der Waals surface area contributed by atoms with E-state index >= 15 is 0 Å². The average molecular weight is 667 g/mol. The van der Waals surface area contributed by atoms with Gasteiger partial charge in [0.25, 0.3) is 0 Å². The molecule has 4 heterocycles. The zero-order chi connectivity index (χ0) is 34.2. The van der Waals surface area contributed by atoms with Crippen LogP contribution in [0.15, 0.2) is 174 Å². The molecule has 0 fully saturated rings. The average Bonchev–Trinajstić information content (AvgIpc) is 3.77. The largest absolute Gasteiger partial charge is 0.455 e. The maximum absolute atomic E-state index is 7.06. The fourth-order valence-corrected chi connectivity index (χ4v) is 8.27. The minimum Gasteiger partial charge on any atom is -0.455 e. The number of fused-ring (bicyclic) bond motifs is 10. The second-order valence-corrected chi connectivity index (χ2v) is 13.5. The molecule has 0 radical (unpaired) electrons. The number of para-hydroxylation sites is 3. The van der Waals surface area contributed by atoms with Gasteiger partial charge in [-0.3, -0.25) is 0 Å². The van der Waals surface area contributed by atoms with E-state index in [-0.39, 0.29) is 12.0 Å². The van der Waals surface area contributed by atoms with Crippen LogP contribution in [0.1, 0.15) is 11.5 Å². The van der Waals surface area contributed by atoms with Crippen molar-refractivity contribution in [2.75, 3.05) is 4.90 Å². The maximum atomic E-state index is 7.06. The quantitative estimate of drug-likeness (QED) is 0.175. The number of benzene rings is 6. The lowest BCUT2D eigenvalue weighted by atomic mass is 9.91. The summed E-state index contributed by atoms with van der Waals surface area (Å²) < 4.78 is 7.06. The van der Waals surface area contributed by atoms with Crippen molar-refractivity contribution in [3.63, 3.8) is 0 Å². The molecule has 1 aliphatic heterocycles. The number of aromatic nitrogens is 3. The number of furan rings is 1. The van der Waals surface area contributed by atoms with E-state index in [1.54, 1.807) is 0 Å². The number of nitrogens with zero attached hydrogens (tertiary/aromatic N) is 4. The van der Waals surface area contributed by atoms with Gasteiger partial charge in [-0.1, -0.05) is 140 Å². The zero-order valence-electron chi connectivity index (χ0n) is 28.0. The molecule has 11 rings (SSSR count). The van der Waals surface area contributed by atoms with Crippen molar-refractivity contribution in [1.82, 2.24) is 15.0 Å². The zero-order valence-corrected chi connectivity index (χ0v) is 28.0. The van der Waals surface area contributed by atoms with Crippen molar-refractivity contribution >= 4 is 55.1 Å². The fraction of sp³-hybridized carbons (Fsp3) is 0.0426. The molecule has 2 atom stereocenters. The smallest absolute Gasteiger partial charge is 0.165 e. The summed E-state index contributed by atoms with van der Waals surface area (Å²) in [6.45, 7) is 0. The van der Waals surface area contributed by atoms with Crippen LogP contribution >= 0.6 is 0 Å². The number of hydrogen-bond acceptors (Lipinski definition) is 5. The summed E-state index contributed by atoms with van der Waals surface area (Å²) in [5, 5.41) is 5.25. The van der Waals surface area contributed by atoms with E-state index in [2.05, 4.69) is 157 Å². The van der Waals surface area contributed by atoms with Crippen LogP contribution in [0.25, 0.3) is 77.5 Å². The number of pyridine rings is 1. The third-order valence-electron chi connectivity index (χ3n) is 10.6. The van der Waals surface area contributed by atoms with Gasteiger partial charge in [-0.15, -0.1) is 0 Å². The molecule has 0 amide bonds. The molecule has 0 saturated heterocycles. The van der Waals surface area contributed by atoms with Gasteiger partial charge in [0.15, 0.2) is 5.82 Å². The topological polar surface area (TPSA) is 55.1 Å². The third-order valence-corrected chi connectivity index (χ3v) is 10.6. The van der Waals surface area contributed by atoms with Gasteiger partial charge in [-0.25, -0.2) is 15.0 Å². The maximum Gasteiger partial charge on any atom is 0.165 e. The van der Waals surface area contributed by atoms with Gasteiger partial charge in [0.1, 0.15) is 17.0 Å². The summed E-state index contributed by atoms with van der Waals surface area (Å²) in [4.78, 5) is 18.2. The van der Waals surface area contributed by atoms with Gasteiger partial charge in [0.05, 0.1) is 28.5 Å². The van der Waals surface area contributed by atoms with Crippen molar-refractivity contribution < 1.29 is 4.42 Å². The lowest BCUT2D eigenvalue weighted by molar-refractivity contribution is 0.673. The first kappa shape index (κ1) is 28.9. The van der Waals surface area contributed by atoms with Crippen LogP contribution in [0.3, 0.4) is 0 Å². The van der Waals surface area contributed by atoms with Gasteiger partial charge in [0, 0.05) is 55.7 Å². The molecule has 0 saturated carbocycles. The molecule has 1 aliphatic carbocycles. The molecule has 9 aromatic rings. The highest BCUT2D eigenvalue weighted by atomic mass is 16.3. The van der Waals surface area contributed by atoms with Crippen molar-refractivity contribution in [2.24, 2.45) is 0 Å². The predicted octanol–water partition coefficient (Wildman–Crippen LogP) is 11.8. The normalized spacial score (nSPS) is 16.3. The third kappa shape index (κ3) is 4.32. The minimum absolute atomic E-state index is 0.114. The Morgan fingerprint density at radius 3 is 2.13 bits per heavy atom. The van der Waals surface area contributed by atoms with Crippen molar-refractivity contribution in [1.29, 1.82) is 0 Å². The first-order valence-electron chi connectivity index (χ1n) is 17.7. The van der Waals surface area contributed by atoms with Gasteiger partial charge in [0.2, 0.25) is 0 Å². The second kappa shape index (κ2) is 11.3. The van der Waals surface area contributed by atoms with E-state index in [4.69, 9.17) is 19.4 Å². The summed E-state index contributed by atoms with van der Waals surface area (Å²) in [7, 11) is 0. The first-order valence-corrected chi connectivity index (χ1v) is 17.7. The molecule has 2 aliphatic rings. The molecule has 0 N–H and O–H groups in total. The summed E-state index contributed by atoms with van der Waals surface area (Å²) in [6.07, 6.45) is 8.87. The molecule has 3 aromatic heterocycles. The summed E-state index contributed by atoms with van der Waals surface area (Å²) >= 11 is 0. The highest BCUT2D eigenvalue weighted by molar-refractivity contribution is 6.25. The molecule has 244 valence electrons. The standard InChI is InChI=1S/C47H30N4O/c1-3-14-29(15-4-1)39-28-42(51-40-24-11-8-18-31(40)32-19-9-12-25-41(32)51)50-47(49-39)37-22-13-21-33-34-26-27-36-43(46(34)52-45(33)37)35-20-7-10-23-38(35)48-44(36)30-16-5-2-6-17-30/h1-28,31,40H. The van der Waals surface area contributed by atoms with Crippen LogP contribution in [0.4, 0.5) is 11.5 Å². The monoisotopic (exact) mass is 666 g/mol. The van der Waals surface area contributed by atoms with Crippen LogP contribution in [-0.4, -0.2) is 21.0 Å². The fourth-order valence-electron chi connectivity index (χ4n) is 8.27. The minimum atomic E-state index is 0.114. The van der Waals surface area contributed by atoms with E-state index in [1.807, 2.05) is 18.2 Å². The van der Waals surface area contributed by atoms with E-state index in [0.29, 0.717) is 5.82 Å². The van der Waals surface area contributed by atoms with Crippen LogP contribution in [0.5, 0.6) is 0 Å². The van der Waals surface area contributed by atoms with Crippen LogP contribution in [0, 0.1) is 0 Å². The Kier molecular flexibility index (Phi) is 6.31. The van der Waals surface area contributed by atoms with E-state index in [1.165, 1.54) is 11.3 Å². The molecule has 0 spiro atoms. The Bertz CT molecular complexity index is 2930. The van der Waals surface area contributed by atoms with Crippen molar-refractivity contribution in [3.8, 4) is 33.9 Å². The van der Waals surface area contributed by atoms with Crippen molar-refractivity contribution in [2.45, 2.75) is 12.0 Å². The number of anilines is 2. The van der Waals surface area contributed by atoms with Gasteiger partial charge >= 0.3 is 0 Å². The van der Waals surface area contributed by atoms with E-state index in [0.717, 1.165) is 77.5 Å². The molecule has 6 aromatic carbocycles.